The molecule has 7 nitrogen and oxygen atoms in total. The Hall–Kier alpha value is -3.00. The number of methoxy groups -OCH3 is 1. The van der Waals surface area contributed by atoms with E-state index in [0.29, 0.717) is 28.9 Å². The molecule has 1 aromatic heterocycles. The molecule has 1 aliphatic heterocycles. The van der Waals surface area contributed by atoms with E-state index < -0.39 is 16.1 Å². The van der Waals surface area contributed by atoms with Gasteiger partial charge in [0.05, 0.1) is 36.2 Å². The summed E-state index contributed by atoms with van der Waals surface area (Å²) in [5.74, 6) is 0.656. The maximum absolute atomic E-state index is 12.4. The summed E-state index contributed by atoms with van der Waals surface area (Å²) in [6.45, 7) is 0. The third-order valence-electron chi connectivity index (χ3n) is 4.52. The van der Waals surface area contributed by atoms with Crippen LogP contribution in [0.5, 0.6) is 5.75 Å². The van der Waals surface area contributed by atoms with Crippen LogP contribution in [0.15, 0.2) is 60.0 Å². The number of fused-ring (bicyclic) bond motifs is 1. The van der Waals surface area contributed by atoms with Crippen LogP contribution in [0.3, 0.4) is 0 Å². The van der Waals surface area contributed by atoms with Crippen molar-refractivity contribution in [3.05, 3.63) is 66.0 Å². The molecule has 0 saturated heterocycles. The third-order valence-corrected chi connectivity index (χ3v) is 5.53. The fraction of sp³-hybridized carbons (Fsp3) is 0.211. The van der Waals surface area contributed by atoms with Gasteiger partial charge >= 0.3 is 0 Å². The Bertz CT molecular complexity index is 1140. The van der Waals surface area contributed by atoms with Gasteiger partial charge in [-0.2, -0.15) is 9.52 Å². The molecule has 1 aliphatic rings. The number of nitrogens with zero attached hydrogens (tertiary/aromatic N) is 4. The normalized spacial score (nSPS) is 17.2. The lowest BCUT2D eigenvalue weighted by atomic mass is 9.97. The molecule has 0 radical (unpaired) electrons. The molecule has 1 atom stereocenters. The molecule has 0 fully saturated rings. The zero-order chi connectivity index (χ0) is 19.0. The molecule has 8 heteroatoms. The molecule has 0 spiro atoms. The molecular weight excluding hydrogens is 364 g/mol. The van der Waals surface area contributed by atoms with Crippen molar-refractivity contribution < 1.29 is 13.2 Å². The van der Waals surface area contributed by atoms with Gasteiger partial charge in [-0.3, -0.25) is 9.97 Å². The number of rotatable bonds is 4. The van der Waals surface area contributed by atoms with Crippen molar-refractivity contribution in [1.82, 2.24) is 14.4 Å². The summed E-state index contributed by atoms with van der Waals surface area (Å²) in [7, 11) is -1.99. The first-order valence-electron chi connectivity index (χ1n) is 8.39. The van der Waals surface area contributed by atoms with Gasteiger partial charge in [-0.1, -0.05) is 24.3 Å². The van der Waals surface area contributed by atoms with Gasteiger partial charge in [-0.05, 0) is 18.2 Å². The first kappa shape index (κ1) is 17.4. The van der Waals surface area contributed by atoms with Crippen LogP contribution in [0.4, 0.5) is 0 Å². The second-order valence-electron chi connectivity index (χ2n) is 6.27. The molecule has 27 heavy (non-hydrogen) atoms. The van der Waals surface area contributed by atoms with Crippen molar-refractivity contribution in [3.8, 4) is 5.75 Å². The van der Waals surface area contributed by atoms with Crippen LogP contribution in [-0.2, 0) is 10.0 Å². The van der Waals surface area contributed by atoms with E-state index in [-0.39, 0.29) is 0 Å². The second-order valence-corrected chi connectivity index (χ2v) is 8.11. The lowest BCUT2D eigenvalue weighted by Gasteiger charge is -2.22. The minimum Gasteiger partial charge on any atom is -0.496 e. The van der Waals surface area contributed by atoms with Crippen LogP contribution in [0, 0.1) is 0 Å². The minimum atomic E-state index is -3.57. The van der Waals surface area contributed by atoms with E-state index in [1.54, 1.807) is 19.5 Å². The molecule has 0 saturated carbocycles. The van der Waals surface area contributed by atoms with E-state index in [1.807, 2.05) is 42.5 Å². The van der Waals surface area contributed by atoms with Crippen LogP contribution in [0.1, 0.15) is 23.6 Å². The van der Waals surface area contributed by atoms with Crippen LogP contribution in [-0.4, -0.2) is 41.9 Å². The number of para-hydroxylation sites is 2. The molecular formula is C19H18N4O3S. The molecule has 0 bridgehead atoms. The Labute approximate surface area is 157 Å². The molecule has 3 aromatic rings. The van der Waals surface area contributed by atoms with Crippen LogP contribution >= 0.6 is 0 Å². The summed E-state index contributed by atoms with van der Waals surface area (Å²) in [4.78, 5) is 8.73. The number of aromatic nitrogens is 2. The third kappa shape index (κ3) is 3.12. The van der Waals surface area contributed by atoms with E-state index in [2.05, 4.69) is 15.1 Å². The van der Waals surface area contributed by atoms with E-state index in [9.17, 15) is 8.42 Å². The SMILES string of the molecule is COc1ccccc1C1=NN(S(C)(=O)=O)[C@H](c2cccc3nccnc23)C1. The molecule has 0 amide bonds. The highest BCUT2D eigenvalue weighted by Crippen LogP contribution is 2.38. The molecule has 2 heterocycles. The van der Waals surface area contributed by atoms with Gasteiger partial charge in [-0.25, -0.2) is 8.42 Å². The highest BCUT2D eigenvalue weighted by Gasteiger charge is 2.36. The van der Waals surface area contributed by atoms with Gasteiger partial charge in [0.25, 0.3) is 0 Å². The Morgan fingerprint density at radius 1 is 1.07 bits per heavy atom. The lowest BCUT2D eigenvalue weighted by molar-refractivity contribution is 0.376. The standard InChI is InChI=1S/C19H18N4O3S/c1-26-18-9-4-3-6-13(18)16-12-17(23(22-16)27(2,24)25)14-7-5-8-15-19(14)21-11-10-20-15/h3-11,17H,12H2,1-2H3/t17-/m0/s1. The molecule has 2 aromatic carbocycles. The van der Waals surface area contributed by atoms with Gasteiger partial charge in [0, 0.05) is 29.9 Å². The topological polar surface area (TPSA) is 84.8 Å². The van der Waals surface area contributed by atoms with Crippen molar-refractivity contribution in [2.45, 2.75) is 12.5 Å². The Morgan fingerprint density at radius 3 is 2.63 bits per heavy atom. The van der Waals surface area contributed by atoms with E-state index in [4.69, 9.17) is 4.74 Å². The first-order chi connectivity index (χ1) is 13.0. The highest BCUT2D eigenvalue weighted by atomic mass is 32.2. The van der Waals surface area contributed by atoms with E-state index in [0.717, 1.165) is 21.8 Å². The Morgan fingerprint density at radius 2 is 1.85 bits per heavy atom. The van der Waals surface area contributed by atoms with Gasteiger partial charge in [0.1, 0.15) is 5.75 Å². The van der Waals surface area contributed by atoms with E-state index >= 15 is 0 Å². The van der Waals surface area contributed by atoms with E-state index in [1.165, 1.54) is 0 Å². The fourth-order valence-electron chi connectivity index (χ4n) is 3.36. The zero-order valence-electron chi connectivity index (χ0n) is 14.9. The molecule has 0 aliphatic carbocycles. The average Bonchev–Trinajstić information content (AvgIpc) is 3.13. The van der Waals surface area contributed by atoms with Gasteiger partial charge in [0.15, 0.2) is 0 Å². The number of hydrazone groups is 1. The van der Waals surface area contributed by atoms with Gasteiger partial charge in [0.2, 0.25) is 10.0 Å². The summed E-state index contributed by atoms with van der Waals surface area (Å²) >= 11 is 0. The quantitative estimate of drug-likeness (QED) is 0.693. The van der Waals surface area contributed by atoms with Crippen molar-refractivity contribution >= 4 is 26.8 Å². The maximum Gasteiger partial charge on any atom is 0.247 e. The number of ether oxygens (including phenoxy) is 1. The largest absolute Gasteiger partial charge is 0.496 e. The number of hydrogen-bond donors (Lipinski definition) is 0. The average molecular weight is 382 g/mol. The van der Waals surface area contributed by atoms with Crippen molar-refractivity contribution in [3.63, 3.8) is 0 Å². The summed E-state index contributed by atoms with van der Waals surface area (Å²) in [5, 5.41) is 4.44. The second kappa shape index (κ2) is 6.62. The monoisotopic (exact) mass is 382 g/mol. The lowest BCUT2D eigenvalue weighted by Crippen LogP contribution is -2.26. The van der Waals surface area contributed by atoms with Crippen molar-refractivity contribution in [2.75, 3.05) is 13.4 Å². The highest BCUT2D eigenvalue weighted by molar-refractivity contribution is 7.88. The smallest absolute Gasteiger partial charge is 0.247 e. The maximum atomic E-state index is 12.4. The molecule has 138 valence electrons. The predicted octanol–water partition coefficient (Wildman–Crippen LogP) is 2.75. The van der Waals surface area contributed by atoms with Crippen LogP contribution in [0.25, 0.3) is 11.0 Å². The summed E-state index contributed by atoms with van der Waals surface area (Å²) < 4.78 is 31.5. The molecule has 0 unspecified atom stereocenters. The number of benzene rings is 2. The summed E-state index contributed by atoms with van der Waals surface area (Å²) in [5.41, 5.74) is 3.61. The fourth-order valence-corrected chi connectivity index (χ4v) is 4.25. The Balaban J connectivity index is 1.85. The first-order valence-corrected chi connectivity index (χ1v) is 10.2. The Kier molecular flexibility index (Phi) is 4.27. The number of hydrogen-bond acceptors (Lipinski definition) is 6. The number of sulfonamides is 1. The van der Waals surface area contributed by atoms with Crippen molar-refractivity contribution in [2.24, 2.45) is 5.10 Å². The minimum absolute atomic E-state index is 0.420. The predicted molar refractivity (Wildman–Crippen MR) is 103 cm³/mol. The zero-order valence-corrected chi connectivity index (χ0v) is 15.7. The van der Waals surface area contributed by atoms with Gasteiger partial charge < -0.3 is 4.74 Å². The van der Waals surface area contributed by atoms with Crippen LogP contribution in [0.2, 0.25) is 0 Å². The summed E-state index contributed by atoms with van der Waals surface area (Å²) in [6, 6.07) is 12.6. The van der Waals surface area contributed by atoms with Gasteiger partial charge in [-0.15, -0.1) is 0 Å². The molecule has 4 rings (SSSR count). The van der Waals surface area contributed by atoms with Crippen molar-refractivity contribution in [1.29, 1.82) is 0 Å². The molecule has 0 N–H and O–H groups in total. The summed E-state index contributed by atoms with van der Waals surface area (Å²) in [6.07, 6.45) is 4.80. The van der Waals surface area contributed by atoms with Crippen LogP contribution < -0.4 is 4.74 Å².